The van der Waals surface area contributed by atoms with E-state index in [0.29, 0.717) is 0 Å². The van der Waals surface area contributed by atoms with Crippen molar-refractivity contribution in [1.82, 2.24) is 9.78 Å². The van der Waals surface area contributed by atoms with Gasteiger partial charge in [0.15, 0.2) is 0 Å². The smallest absolute Gasteiger partial charge is 0.147 e. The van der Waals surface area contributed by atoms with Crippen molar-refractivity contribution in [2.45, 2.75) is 19.8 Å². The van der Waals surface area contributed by atoms with Crippen molar-refractivity contribution in [3.8, 4) is 0 Å². The van der Waals surface area contributed by atoms with Gasteiger partial charge in [-0.2, -0.15) is 5.10 Å². The molecule has 4 nitrogen and oxygen atoms in total. The lowest BCUT2D eigenvalue weighted by Gasteiger charge is -2.07. The molecule has 96 valence electrons. The Morgan fingerprint density at radius 1 is 1.28 bits per heavy atom. The molecule has 0 saturated heterocycles. The molecule has 0 radical (unpaired) electrons. The summed E-state index contributed by atoms with van der Waals surface area (Å²) in [5.41, 5.74) is 9.10. The Kier molecular flexibility index (Phi) is 3.87. The second kappa shape index (κ2) is 5.58. The van der Waals surface area contributed by atoms with Gasteiger partial charge in [-0.25, -0.2) is 0 Å². The second-order valence-electron chi connectivity index (χ2n) is 4.35. The molecule has 1 aromatic heterocycles. The number of nitrogens with zero attached hydrogens (tertiary/aromatic N) is 2. The predicted molar refractivity (Wildman–Crippen MR) is 75.6 cm³/mol. The van der Waals surface area contributed by atoms with Crippen LogP contribution in [0, 0.1) is 0 Å². The molecule has 2 aromatic rings. The average molecular weight is 244 g/mol. The third kappa shape index (κ3) is 2.64. The first-order valence-corrected chi connectivity index (χ1v) is 6.31. The molecule has 0 aliphatic carbocycles. The number of benzene rings is 1. The van der Waals surface area contributed by atoms with E-state index in [2.05, 4.69) is 41.6 Å². The number of hydrogen-bond donors (Lipinski definition) is 2. The van der Waals surface area contributed by atoms with Crippen molar-refractivity contribution in [3.63, 3.8) is 0 Å². The van der Waals surface area contributed by atoms with E-state index in [1.807, 2.05) is 17.8 Å². The zero-order valence-corrected chi connectivity index (χ0v) is 11.0. The lowest BCUT2D eigenvalue weighted by Crippen LogP contribution is -2.09. The molecule has 0 fully saturated rings. The molecule has 4 heteroatoms. The number of nitrogen functional groups attached to an aromatic ring is 1. The molecular weight excluding hydrogens is 224 g/mol. The summed E-state index contributed by atoms with van der Waals surface area (Å²) in [7, 11) is 1.92. The van der Waals surface area contributed by atoms with Crippen LogP contribution in [0.25, 0.3) is 0 Å². The molecule has 2 rings (SSSR count). The largest absolute Gasteiger partial charge is 0.394 e. The van der Waals surface area contributed by atoms with E-state index in [9.17, 15) is 0 Å². The SMILES string of the molecule is CCc1nn(C)c(NCCc2ccccc2)c1N. The minimum atomic E-state index is 0.771. The van der Waals surface area contributed by atoms with Crippen molar-refractivity contribution >= 4 is 11.5 Å². The van der Waals surface area contributed by atoms with Crippen LogP contribution in [0.5, 0.6) is 0 Å². The molecule has 0 spiro atoms. The predicted octanol–water partition coefficient (Wildman–Crippen LogP) is 2.22. The van der Waals surface area contributed by atoms with E-state index in [-0.39, 0.29) is 0 Å². The zero-order valence-electron chi connectivity index (χ0n) is 11.0. The monoisotopic (exact) mass is 244 g/mol. The van der Waals surface area contributed by atoms with E-state index in [4.69, 9.17) is 5.73 Å². The molecule has 0 aliphatic rings. The minimum Gasteiger partial charge on any atom is -0.394 e. The molecule has 0 saturated carbocycles. The standard InChI is InChI=1S/C14H20N4/c1-3-12-13(15)14(18(2)17-12)16-10-9-11-7-5-4-6-8-11/h4-8,16H,3,9-10,15H2,1-2H3. The van der Waals surface area contributed by atoms with Crippen LogP contribution in [0.4, 0.5) is 11.5 Å². The maximum absolute atomic E-state index is 6.05. The summed E-state index contributed by atoms with van der Waals surface area (Å²) in [5.74, 6) is 0.919. The number of aryl methyl sites for hydroxylation is 2. The van der Waals surface area contributed by atoms with Crippen LogP contribution in [-0.4, -0.2) is 16.3 Å². The fourth-order valence-electron chi connectivity index (χ4n) is 2.04. The van der Waals surface area contributed by atoms with Gasteiger partial charge in [0.1, 0.15) is 5.82 Å². The molecule has 1 aromatic carbocycles. The van der Waals surface area contributed by atoms with Gasteiger partial charge in [-0.1, -0.05) is 37.3 Å². The summed E-state index contributed by atoms with van der Waals surface area (Å²) in [6, 6.07) is 10.4. The fraction of sp³-hybridized carbons (Fsp3) is 0.357. The number of nitrogens with two attached hydrogens (primary N) is 1. The molecule has 18 heavy (non-hydrogen) atoms. The highest BCUT2D eigenvalue weighted by Gasteiger charge is 2.10. The van der Waals surface area contributed by atoms with Crippen LogP contribution in [0.3, 0.4) is 0 Å². The molecule has 3 N–H and O–H groups in total. The first-order valence-electron chi connectivity index (χ1n) is 6.31. The Bertz CT molecular complexity index is 502. The molecular formula is C14H20N4. The van der Waals surface area contributed by atoms with Crippen LogP contribution in [-0.2, 0) is 19.9 Å². The van der Waals surface area contributed by atoms with E-state index in [1.165, 1.54) is 5.56 Å². The van der Waals surface area contributed by atoms with Crippen LogP contribution in [0.1, 0.15) is 18.2 Å². The van der Waals surface area contributed by atoms with Gasteiger partial charge < -0.3 is 11.1 Å². The van der Waals surface area contributed by atoms with Gasteiger partial charge in [0.05, 0.1) is 11.4 Å². The summed E-state index contributed by atoms with van der Waals surface area (Å²) in [6.45, 7) is 2.92. The van der Waals surface area contributed by atoms with E-state index < -0.39 is 0 Å². The summed E-state index contributed by atoms with van der Waals surface area (Å²) in [5, 5.41) is 7.74. The Morgan fingerprint density at radius 3 is 2.61 bits per heavy atom. The fourth-order valence-corrected chi connectivity index (χ4v) is 2.04. The summed E-state index contributed by atoms with van der Waals surface area (Å²) < 4.78 is 1.82. The Morgan fingerprint density at radius 2 is 2.00 bits per heavy atom. The van der Waals surface area contributed by atoms with Gasteiger partial charge in [-0.05, 0) is 18.4 Å². The van der Waals surface area contributed by atoms with E-state index in [1.54, 1.807) is 0 Å². The van der Waals surface area contributed by atoms with E-state index in [0.717, 1.165) is 36.6 Å². The third-order valence-electron chi connectivity index (χ3n) is 3.04. The van der Waals surface area contributed by atoms with Crippen LogP contribution < -0.4 is 11.1 Å². The molecule has 0 atom stereocenters. The minimum absolute atomic E-state index is 0.771. The number of aromatic nitrogens is 2. The van der Waals surface area contributed by atoms with Crippen LogP contribution in [0.15, 0.2) is 30.3 Å². The number of nitrogens with one attached hydrogen (secondary N) is 1. The highest BCUT2D eigenvalue weighted by atomic mass is 15.3. The number of rotatable bonds is 5. The van der Waals surface area contributed by atoms with Crippen molar-refractivity contribution in [3.05, 3.63) is 41.6 Å². The normalized spacial score (nSPS) is 10.6. The lowest BCUT2D eigenvalue weighted by atomic mass is 10.1. The number of anilines is 2. The Balaban J connectivity index is 1.96. The summed E-state index contributed by atoms with van der Waals surface area (Å²) >= 11 is 0. The van der Waals surface area contributed by atoms with Gasteiger partial charge in [0.25, 0.3) is 0 Å². The second-order valence-corrected chi connectivity index (χ2v) is 4.35. The van der Waals surface area contributed by atoms with Crippen LogP contribution >= 0.6 is 0 Å². The highest BCUT2D eigenvalue weighted by molar-refractivity contribution is 5.65. The van der Waals surface area contributed by atoms with Gasteiger partial charge in [-0.15, -0.1) is 0 Å². The highest BCUT2D eigenvalue weighted by Crippen LogP contribution is 2.21. The van der Waals surface area contributed by atoms with Gasteiger partial charge >= 0.3 is 0 Å². The first kappa shape index (κ1) is 12.5. The van der Waals surface area contributed by atoms with Crippen molar-refractivity contribution < 1.29 is 0 Å². The quantitative estimate of drug-likeness (QED) is 0.848. The van der Waals surface area contributed by atoms with Gasteiger partial charge in [0, 0.05) is 13.6 Å². The van der Waals surface area contributed by atoms with Crippen molar-refractivity contribution in [2.75, 3.05) is 17.6 Å². The molecule has 0 amide bonds. The molecule has 1 heterocycles. The van der Waals surface area contributed by atoms with E-state index >= 15 is 0 Å². The molecule has 0 aliphatic heterocycles. The zero-order chi connectivity index (χ0) is 13.0. The average Bonchev–Trinajstić information content (AvgIpc) is 2.67. The Labute approximate surface area is 108 Å². The topological polar surface area (TPSA) is 55.9 Å². The Hall–Kier alpha value is -1.97. The third-order valence-corrected chi connectivity index (χ3v) is 3.04. The first-order chi connectivity index (χ1) is 8.72. The number of hydrogen-bond acceptors (Lipinski definition) is 3. The van der Waals surface area contributed by atoms with Crippen molar-refractivity contribution in [2.24, 2.45) is 7.05 Å². The van der Waals surface area contributed by atoms with Crippen molar-refractivity contribution in [1.29, 1.82) is 0 Å². The molecule has 0 unspecified atom stereocenters. The summed E-state index contributed by atoms with van der Waals surface area (Å²) in [4.78, 5) is 0. The maximum Gasteiger partial charge on any atom is 0.147 e. The molecule has 0 bridgehead atoms. The maximum atomic E-state index is 6.05. The summed E-state index contributed by atoms with van der Waals surface area (Å²) in [6.07, 6.45) is 1.84. The lowest BCUT2D eigenvalue weighted by molar-refractivity contribution is 0.747. The van der Waals surface area contributed by atoms with Crippen LogP contribution in [0.2, 0.25) is 0 Å². The van der Waals surface area contributed by atoms with Gasteiger partial charge in [0.2, 0.25) is 0 Å². The van der Waals surface area contributed by atoms with Gasteiger partial charge in [-0.3, -0.25) is 4.68 Å².